The third-order valence-corrected chi connectivity index (χ3v) is 3.54. The Balaban J connectivity index is 1.78. The number of carbonyl (C=O) groups excluding carboxylic acids is 1. The van der Waals surface area contributed by atoms with Crippen LogP contribution >= 0.6 is 0 Å². The molecule has 0 bridgehead atoms. The van der Waals surface area contributed by atoms with E-state index < -0.39 is 12.1 Å². The molecule has 0 spiro atoms. The van der Waals surface area contributed by atoms with Crippen molar-refractivity contribution >= 4 is 22.9 Å². The van der Waals surface area contributed by atoms with Crippen LogP contribution in [0.2, 0.25) is 0 Å². The smallest absolute Gasteiger partial charge is 0.349 e. The van der Waals surface area contributed by atoms with Crippen LogP contribution in [0.5, 0.6) is 0 Å². The molecule has 5 heteroatoms. The zero-order chi connectivity index (χ0) is 16.9. The zero-order valence-electron chi connectivity index (χ0n) is 13.0. The fraction of sp³-hybridized carbons (Fsp3) is 0.105. The number of pyridine rings is 1. The van der Waals surface area contributed by atoms with Crippen molar-refractivity contribution in [3.8, 4) is 6.07 Å². The second-order valence-electron chi connectivity index (χ2n) is 5.19. The number of esters is 1. The average molecular weight is 318 g/mol. The fourth-order valence-corrected chi connectivity index (χ4v) is 2.25. The van der Waals surface area contributed by atoms with Gasteiger partial charge in [0.05, 0.1) is 11.8 Å². The summed E-state index contributed by atoms with van der Waals surface area (Å²) < 4.78 is 10.5. The van der Waals surface area contributed by atoms with E-state index in [4.69, 9.17) is 14.4 Å². The van der Waals surface area contributed by atoms with Gasteiger partial charge in [0.15, 0.2) is 0 Å². The third-order valence-electron chi connectivity index (χ3n) is 3.54. The highest BCUT2D eigenvalue weighted by Gasteiger charge is 2.17. The van der Waals surface area contributed by atoms with Crippen LogP contribution < -0.4 is 0 Å². The highest BCUT2D eigenvalue weighted by atomic mass is 16.5. The molecular formula is C19H14N2O3. The van der Waals surface area contributed by atoms with Gasteiger partial charge in [0, 0.05) is 23.2 Å². The van der Waals surface area contributed by atoms with Gasteiger partial charge in [-0.1, -0.05) is 18.2 Å². The molecule has 2 aromatic heterocycles. The van der Waals surface area contributed by atoms with E-state index in [0.29, 0.717) is 5.76 Å². The largest absolute Gasteiger partial charge is 0.465 e. The van der Waals surface area contributed by atoms with Crippen LogP contribution in [0.3, 0.4) is 0 Å². The lowest BCUT2D eigenvalue weighted by atomic mass is 10.1. The maximum absolute atomic E-state index is 12.2. The summed E-state index contributed by atoms with van der Waals surface area (Å²) in [6.45, 7) is 1.74. The average Bonchev–Trinajstić information content (AvgIpc) is 3.12. The summed E-state index contributed by atoms with van der Waals surface area (Å²) in [5.41, 5.74) is 1.51. The molecule has 0 saturated heterocycles. The molecule has 0 aliphatic rings. The van der Waals surface area contributed by atoms with Gasteiger partial charge in [0.25, 0.3) is 0 Å². The molecule has 0 aliphatic heterocycles. The molecule has 0 amide bonds. The van der Waals surface area contributed by atoms with Gasteiger partial charge in [-0.15, -0.1) is 0 Å². The monoisotopic (exact) mass is 318 g/mol. The fourth-order valence-electron chi connectivity index (χ4n) is 2.25. The van der Waals surface area contributed by atoms with Crippen molar-refractivity contribution < 1.29 is 13.9 Å². The number of aromatic nitrogens is 1. The SMILES string of the molecule is CC(OC(=O)C(C#N)=Cc1ccco1)c1cnc2ccccc2c1. The van der Waals surface area contributed by atoms with E-state index in [9.17, 15) is 4.79 Å². The Morgan fingerprint density at radius 1 is 1.33 bits per heavy atom. The van der Waals surface area contributed by atoms with Crippen molar-refractivity contribution in [2.24, 2.45) is 0 Å². The van der Waals surface area contributed by atoms with E-state index in [-0.39, 0.29) is 5.57 Å². The Kier molecular flexibility index (Phi) is 4.39. The van der Waals surface area contributed by atoms with Gasteiger partial charge in [0.2, 0.25) is 0 Å². The summed E-state index contributed by atoms with van der Waals surface area (Å²) >= 11 is 0. The van der Waals surface area contributed by atoms with Crippen molar-refractivity contribution in [3.63, 3.8) is 0 Å². The van der Waals surface area contributed by atoms with E-state index >= 15 is 0 Å². The summed E-state index contributed by atoms with van der Waals surface area (Å²) in [7, 11) is 0. The summed E-state index contributed by atoms with van der Waals surface area (Å²) in [6, 6.07) is 14.8. The Bertz CT molecular complexity index is 937. The van der Waals surface area contributed by atoms with E-state index in [1.165, 1.54) is 12.3 Å². The number of rotatable bonds is 4. The Morgan fingerprint density at radius 3 is 2.92 bits per heavy atom. The Morgan fingerprint density at radius 2 is 2.17 bits per heavy atom. The maximum atomic E-state index is 12.2. The lowest BCUT2D eigenvalue weighted by Crippen LogP contribution is -2.10. The molecule has 118 valence electrons. The van der Waals surface area contributed by atoms with Crippen LogP contribution in [0.4, 0.5) is 0 Å². The number of para-hydroxylation sites is 1. The molecule has 2 heterocycles. The molecule has 5 nitrogen and oxygen atoms in total. The molecule has 24 heavy (non-hydrogen) atoms. The molecule has 0 radical (unpaired) electrons. The van der Waals surface area contributed by atoms with Crippen LogP contribution in [-0.2, 0) is 9.53 Å². The summed E-state index contributed by atoms with van der Waals surface area (Å²) in [6.07, 6.45) is 3.97. The summed E-state index contributed by atoms with van der Waals surface area (Å²) in [4.78, 5) is 16.5. The number of benzene rings is 1. The van der Waals surface area contributed by atoms with Crippen molar-refractivity contribution in [1.82, 2.24) is 4.98 Å². The van der Waals surface area contributed by atoms with Crippen molar-refractivity contribution in [2.75, 3.05) is 0 Å². The number of hydrogen-bond acceptors (Lipinski definition) is 5. The highest BCUT2D eigenvalue weighted by molar-refractivity contribution is 5.97. The first-order valence-electron chi connectivity index (χ1n) is 7.38. The van der Waals surface area contributed by atoms with Crippen molar-refractivity contribution in [1.29, 1.82) is 5.26 Å². The summed E-state index contributed by atoms with van der Waals surface area (Å²) in [5.74, 6) is -0.280. The lowest BCUT2D eigenvalue weighted by molar-refractivity contribution is -0.143. The number of furan rings is 1. The van der Waals surface area contributed by atoms with E-state index in [2.05, 4.69) is 4.98 Å². The molecule has 0 N–H and O–H groups in total. The molecule has 3 rings (SSSR count). The van der Waals surface area contributed by atoms with Crippen LogP contribution in [0.15, 0.2) is 64.9 Å². The van der Waals surface area contributed by atoms with Crippen LogP contribution in [0.1, 0.15) is 24.4 Å². The van der Waals surface area contributed by atoms with E-state index in [1.807, 2.05) is 36.4 Å². The van der Waals surface area contributed by atoms with Gasteiger partial charge in [-0.2, -0.15) is 5.26 Å². The van der Waals surface area contributed by atoms with Crippen molar-refractivity contribution in [2.45, 2.75) is 13.0 Å². The minimum atomic E-state index is -0.699. The molecule has 0 saturated carbocycles. The number of carbonyl (C=O) groups is 1. The molecular weight excluding hydrogens is 304 g/mol. The number of nitrogens with zero attached hydrogens (tertiary/aromatic N) is 2. The summed E-state index contributed by atoms with van der Waals surface area (Å²) in [5, 5.41) is 10.1. The van der Waals surface area contributed by atoms with Crippen LogP contribution in [-0.4, -0.2) is 11.0 Å². The topological polar surface area (TPSA) is 76.1 Å². The first-order chi connectivity index (χ1) is 11.7. The van der Waals surface area contributed by atoms with Gasteiger partial charge in [-0.05, 0) is 31.2 Å². The molecule has 1 aromatic carbocycles. The maximum Gasteiger partial charge on any atom is 0.349 e. The Labute approximate surface area is 138 Å². The second-order valence-corrected chi connectivity index (χ2v) is 5.19. The number of hydrogen-bond donors (Lipinski definition) is 0. The van der Waals surface area contributed by atoms with E-state index in [1.54, 1.807) is 25.3 Å². The van der Waals surface area contributed by atoms with Crippen molar-refractivity contribution in [3.05, 3.63) is 71.8 Å². The minimum absolute atomic E-state index is 0.120. The van der Waals surface area contributed by atoms with Gasteiger partial charge in [-0.3, -0.25) is 4.98 Å². The molecule has 1 unspecified atom stereocenters. The lowest BCUT2D eigenvalue weighted by Gasteiger charge is -2.13. The van der Waals surface area contributed by atoms with Crippen LogP contribution in [0.25, 0.3) is 17.0 Å². The molecule has 0 aliphatic carbocycles. The van der Waals surface area contributed by atoms with Gasteiger partial charge in [-0.25, -0.2) is 4.79 Å². The predicted octanol–water partition coefficient (Wildman–Crippen LogP) is 4.04. The minimum Gasteiger partial charge on any atom is -0.465 e. The number of ether oxygens (including phenoxy) is 1. The number of nitriles is 1. The normalized spacial score (nSPS) is 12.6. The third kappa shape index (κ3) is 3.33. The zero-order valence-corrected chi connectivity index (χ0v) is 13.0. The molecule has 1 atom stereocenters. The second kappa shape index (κ2) is 6.80. The van der Waals surface area contributed by atoms with E-state index in [0.717, 1.165) is 16.5 Å². The quantitative estimate of drug-likeness (QED) is 0.412. The molecule has 0 fully saturated rings. The Hall–Kier alpha value is -3.39. The van der Waals surface area contributed by atoms with Gasteiger partial charge >= 0.3 is 5.97 Å². The molecule has 3 aromatic rings. The van der Waals surface area contributed by atoms with Crippen LogP contribution in [0, 0.1) is 11.3 Å². The van der Waals surface area contributed by atoms with Gasteiger partial charge in [0.1, 0.15) is 23.5 Å². The standard InChI is InChI=1S/C19H14N2O3/c1-13(16-9-14-5-2-3-7-18(14)21-12-16)24-19(22)15(11-20)10-17-6-4-8-23-17/h2-10,12-13H,1H3. The highest BCUT2D eigenvalue weighted by Crippen LogP contribution is 2.22. The predicted molar refractivity (Wildman–Crippen MR) is 88.5 cm³/mol. The van der Waals surface area contributed by atoms with Gasteiger partial charge < -0.3 is 9.15 Å². The number of fused-ring (bicyclic) bond motifs is 1. The first-order valence-corrected chi connectivity index (χ1v) is 7.38. The first kappa shape index (κ1) is 15.5.